The summed E-state index contributed by atoms with van der Waals surface area (Å²) in [7, 11) is 3.86. The summed E-state index contributed by atoms with van der Waals surface area (Å²) in [6.07, 6.45) is 0. The van der Waals surface area contributed by atoms with Crippen molar-refractivity contribution in [1.82, 2.24) is 0 Å². The van der Waals surface area contributed by atoms with Gasteiger partial charge in [0, 0.05) is 24.1 Å². The molecule has 2 rings (SSSR count). The number of nitrogens with one attached hydrogen (secondary N) is 1. The van der Waals surface area contributed by atoms with Gasteiger partial charge in [-0.25, -0.2) is 4.39 Å². The van der Waals surface area contributed by atoms with Gasteiger partial charge in [-0.3, -0.25) is 0 Å². The van der Waals surface area contributed by atoms with Gasteiger partial charge in [0.1, 0.15) is 5.82 Å². The Morgan fingerprint density at radius 2 is 1.95 bits per heavy atom. The first-order valence-electron chi connectivity index (χ1n) is 6.57. The zero-order valence-electron chi connectivity index (χ0n) is 12.1. The fourth-order valence-electron chi connectivity index (χ4n) is 2.25. The Kier molecular flexibility index (Phi) is 5.12. The molecule has 0 aliphatic heterocycles. The van der Waals surface area contributed by atoms with E-state index in [9.17, 15) is 4.39 Å². The van der Waals surface area contributed by atoms with E-state index in [2.05, 4.69) is 21.2 Å². The lowest BCUT2D eigenvalue weighted by molar-refractivity contribution is 0.599. The molecule has 0 amide bonds. The minimum Gasteiger partial charge on any atom is -0.377 e. The minimum absolute atomic E-state index is 0.171. The highest BCUT2D eigenvalue weighted by Gasteiger charge is 2.15. The predicted molar refractivity (Wildman–Crippen MR) is 91.9 cm³/mol. The fraction of sp³-hybridized carbons (Fsp3) is 0.250. The second-order valence-corrected chi connectivity index (χ2v) is 6.39. The van der Waals surface area contributed by atoms with Gasteiger partial charge in [-0.05, 0) is 31.2 Å². The molecule has 0 radical (unpaired) electrons. The van der Waals surface area contributed by atoms with Crippen LogP contribution in [0.25, 0.3) is 0 Å². The molecule has 0 saturated heterocycles. The molecule has 0 fully saturated rings. The second kappa shape index (κ2) is 6.67. The topological polar surface area (TPSA) is 15.3 Å². The van der Waals surface area contributed by atoms with E-state index in [-0.39, 0.29) is 11.9 Å². The average Bonchev–Trinajstić information content (AvgIpc) is 2.37. The van der Waals surface area contributed by atoms with Crippen LogP contribution in [0.15, 0.2) is 40.9 Å². The third-order valence-electron chi connectivity index (χ3n) is 3.24. The van der Waals surface area contributed by atoms with Gasteiger partial charge in [-0.1, -0.05) is 39.7 Å². The minimum atomic E-state index is -0.238. The van der Waals surface area contributed by atoms with Crippen molar-refractivity contribution < 1.29 is 4.39 Å². The van der Waals surface area contributed by atoms with E-state index in [0.717, 1.165) is 15.8 Å². The summed E-state index contributed by atoms with van der Waals surface area (Å²) < 4.78 is 14.8. The van der Waals surface area contributed by atoms with Crippen LogP contribution < -0.4 is 10.2 Å². The van der Waals surface area contributed by atoms with Crippen molar-refractivity contribution in [3.05, 3.63) is 57.3 Å². The van der Waals surface area contributed by atoms with E-state index < -0.39 is 0 Å². The van der Waals surface area contributed by atoms with Gasteiger partial charge >= 0.3 is 0 Å². The zero-order chi connectivity index (χ0) is 15.6. The maximum atomic E-state index is 14.0. The highest BCUT2D eigenvalue weighted by atomic mass is 79.9. The van der Waals surface area contributed by atoms with Crippen LogP contribution in [0.1, 0.15) is 18.5 Å². The Balaban J connectivity index is 2.31. The summed E-state index contributed by atoms with van der Waals surface area (Å²) in [5.41, 5.74) is 2.38. The first kappa shape index (κ1) is 16.1. The molecule has 2 aromatic carbocycles. The Morgan fingerprint density at radius 3 is 2.57 bits per heavy atom. The molecule has 0 bridgehead atoms. The molecule has 0 aliphatic carbocycles. The summed E-state index contributed by atoms with van der Waals surface area (Å²) in [5.74, 6) is -0.238. The maximum absolute atomic E-state index is 14.0. The number of hydrogen-bond donors (Lipinski definition) is 1. The summed E-state index contributed by atoms with van der Waals surface area (Å²) in [4.78, 5) is 1.94. The van der Waals surface area contributed by atoms with Crippen molar-refractivity contribution in [2.45, 2.75) is 13.0 Å². The molecule has 0 spiro atoms. The Hall–Kier alpha value is -1.26. The molecule has 2 aromatic rings. The summed E-state index contributed by atoms with van der Waals surface area (Å²) in [6.45, 7) is 1.92. The molecule has 1 atom stereocenters. The molecule has 112 valence electrons. The third-order valence-corrected chi connectivity index (χ3v) is 4.03. The van der Waals surface area contributed by atoms with Crippen LogP contribution in [0.3, 0.4) is 0 Å². The molecule has 0 aliphatic rings. The van der Waals surface area contributed by atoms with Crippen LogP contribution in [-0.2, 0) is 0 Å². The van der Waals surface area contributed by atoms with Gasteiger partial charge in [0.2, 0.25) is 0 Å². The molecule has 21 heavy (non-hydrogen) atoms. The Morgan fingerprint density at radius 1 is 1.24 bits per heavy atom. The van der Waals surface area contributed by atoms with Crippen molar-refractivity contribution in [3.63, 3.8) is 0 Å². The summed E-state index contributed by atoms with van der Waals surface area (Å²) >= 11 is 9.51. The average molecular weight is 372 g/mol. The number of halogens is 3. The van der Waals surface area contributed by atoms with Crippen molar-refractivity contribution >= 4 is 38.9 Å². The van der Waals surface area contributed by atoms with E-state index in [1.807, 2.05) is 50.2 Å². The SMILES string of the molecule is CC(Nc1cccc(Cl)c1N(C)C)c1ccc(Br)cc1F. The first-order valence-corrected chi connectivity index (χ1v) is 7.74. The summed E-state index contributed by atoms with van der Waals surface area (Å²) in [5, 5.41) is 3.99. The van der Waals surface area contributed by atoms with Crippen molar-refractivity contribution in [2.24, 2.45) is 0 Å². The van der Waals surface area contributed by atoms with E-state index in [1.165, 1.54) is 6.07 Å². The van der Waals surface area contributed by atoms with Gasteiger partial charge in [-0.2, -0.15) is 0 Å². The molecule has 5 heteroatoms. The Labute approximate surface area is 138 Å². The van der Waals surface area contributed by atoms with Gasteiger partial charge in [0.15, 0.2) is 0 Å². The van der Waals surface area contributed by atoms with E-state index >= 15 is 0 Å². The monoisotopic (exact) mass is 370 g/mol. The quantitative estimate of drug-likeness (QED) is 0.765. The standard InChI is InChI=1S/C16H17BrClFN2/c1-10(12-8-7-11(17)9-14(12)19)20-15-6-4-5-13(18)16(15)21(2)3/h4-10,20H,1-3H3. The smallest absolute Gasteiger partial charge is 0.129 e. The van der Waals surface area contributed by atoms with Crippen LogP contribution in [0.4, 0.5) is 15.8 Å². The molecule has 1 unspecified atom stereocenters. The van der Waals surface area contributed by atoms with Crippen molar-refractivity contribution in [1.29, 1.82) is 0 Å². The van der Waals surface area contributed by atoms with Gasteiger partial charge in [-0.15, -0.1) is 0 Å². The van der Waals surface area contributed by atoms with Crippen LogP contribution in [0.2, 0.25) is 5.02 Å². The predicted octanol–water partition coefficient (Wildman–Crippen LogP) is 5.48. The second-order valence-electron chi connectivity index (χ2n) is 5.06. The van der Waals surface area contributed by atoms with Crippen LogP contribution in [0.5, 0.6) is 0 Å². The van der Waals surface area contributed by atoms with Crippen molar-refractivity contribution in [3.8, 4) is 0 Å². The van der Waals surface area contributed by atoms with Crippen LogP contribution in [-0.4, -0.2) is 14.1 Å². The molecule has 2 nitrogen and oxygen atoms in total. The molecular weight excluding hydrogens is 355 g/mol. The van der Waals surface area contributed by atoms with E-state index in [0.29, 0.717) is 10.6 Å². The lowest BCUT2D eigenvalue weighted by atomic mass is 10.1. The molecular formula is C16H17BrClFN2. The molecule has 0 saturated carbocycles. The number of nitrogens with zero attached hydrogens (tertiary/aromatic N) is 1. The van der Waals surface area contributed by atoms with Crippen molar-refractivity contribution in [2.75, 3.05) is 24.3 Å². The lowest BCUT2D eigenvalue weighted by Gasteiger charge is -2.23. The van der Waals surface area contributed by atoms with Gasteiger partial charge in [0.25, 0.3) is 0 Å². The molecule has 0 heterocycles. The maximum Gasteiger partial charge on any atom is 0.129 e. The number of hydrogen-bond acceptors (Lipinski definition) is 2. The number of anilines is 2. The summed E-state index contributed by atoms with van der Waals surface area (Å²) in [6, 6.07) is 10.6. The first-order chi connectivity index (χ1) is 9.90. The number of benzene rings is 2. The van der Waals surface area contributed by atoms with E-state index in [1.54, 1.807) is 6.07 Å². The highest BCUT2D eigenvalue weighted by molar-refractivity contribution is 9.10. The number of para-hydroxylation sites is 1. The lowest BCUT2D eigenvalue weighted by Crippen LogP contribution is -2.15. The van der Waals surface area contributed by atoms with E-state index in [4.69, 9.17) is 11.6 Å². The normalized spacial score (nSPS) is 12.1. The van der Waals surface area contributed by atoms with Gasteiger partial charge < -0.3 is 10.2 Å². The zero-order valence-corrected chi connectivity index (χ0v) is 14.5. The molecule has 1 N–H and O–H groups in total. The molecule has 0 aromatic heterocycles. The van der Waals surface area contributed by atoms with Crippen LogP contribution >= 0.6 is 27.5 Å². The highest BCUT2D eigenvalue weighted by Crippen LogP contribution is 2.35. The fourth-order valence-corrected chi connectivity index (χ4v) is 2.93. The van der Waals surface area contributed by atoms with Gasteiger partial charge in [0.05, 0.1) is 22.4 Å². The largest absolute Gasteiger partial charge is 0.377 e. The third kappa shape index (κ3) is 3.69. The number of rotatable bonds is 4. The Bertz CT molecular complexity index is 646. The van der Waals surface area contributed by atoms with Crippen LogP contribution in [0, 0.1) is 5.82 Å².